The molecule has 122 valence electrons. The van der Waals surface area contributed by atoms with Crippen LogP contribution < -0.4 is 5.73 Å². The molecule has 0 aliphatic rings. The molecule has 0 aliphatic heterocycles. The number of nitro benzene ring substituents is 1. The van der Waals surface area contributed by atoms with Crippen LogP contribution in [0.3, 0.4) is 0 Å². The smallest absolute Gasteiger partial charge is 0.269 e. The number of anilines is 1. The number of thiophene rings is 1. The lowest BCUT2D eigenvalue weighted by Gasteiger charge is -2.05. The van der Waals surface area contributed by atoms with Crippen LogP contribution in [-0.4, -0.2) is 15.7 Å². The molecule has 0 fully saturated rings. The molecule has 0 unspecified atom stereocenters. The Morgan fingerprint density at radius 3 is 2.38 bits per heavy atom. The number of aryl methyl sites for hydroxylation is 2. The van der Waals surface area contributed by atoms with Gasteiger partial charge in [-0.3, -0.25) is 14.9 Å². The van der Waals surface area contributed by atoms with Gasteiger partial charge in [-0.1, -0.05) is 0 Å². The van der Waals surface area contributed by atoms with Gasteiger partial charge in [-0.15, -0.1) is 11.3 Å². The lowest BCUT2D eigenvalue weighted by molar-refractivity contribution is -0.384. The highest BCUT2D eigenvalue weighted by atomic mass is 32.1. The summed E-state index contributed by atoms with van der Waals surface area (Å²) in [4.78, 5) is 28.6. The van der Waals surface area contributed by atoms with E-state index in [0.29, 0.717) is 16.1 Å². The predicted molar refractivity (Wildman–Crippen MR) is 94.8 cm³/mol. The van der Waals surface area contributed by atoms with Crippen LogP contribution in [0, 0.1) is 30.9 Å². The van der Waals surface area contributed by atoms with Crippen molar-refractivity contribution in [3.63, 3.8) is 0 Å². The van der Waals surface area contributed by atoms with E-state index in [4.69, 9.17) is 5.73 Å². The van der Waals surface area contributed by atoms with Crippen LogP contribution in [0.2, 0.25) is 0 Å². The van der Waals surface area contributed by atoms with Crippen LogP contribution in [-0.2, 0) is 0 Å². The average molecular weight is 341 g/mol. The second-order valence-electron chi connectivity index (χ2n) is 5.61. The Morgan fingerprint density at radius 1 is 1.17 bits per heavy atom. The highest BCUT2D eigenvalue weighted by Gasteiger charge is 2.21. The zero-order valence-corrected chi connectivity index (χ0v) is 14.2. The second kappa shape index (κ2) is 5.68. The Labute approximate surface area is 142 Å². The van der Waals surface area contributed by atoms with E-state index in [2.05, 4.69) is 4.98 Å². The number of non-ortho nitro benzene ring substituents is 1. The van der Waals surface area contributed by atoms with Gasteiger partial charge in [-0.05, 0) is 44.0 Å². The third kappa shape index (κ3) is 2.43. The van der Waals surface area contributed by atoms with Crippen LogP contribution in [0.4, 0.5) is 11.4 Å². The standard InChI is InChI=1S/C17H15N3O3S/c1-8-9(2)13-14(18)16(24-17(13)19-10(8)3)15(21)11-4-6-12(7-5-11)20(22)23/h4-7H,18H2,1-3H3. The number of nitrogens with two attached hydrogens (primary N) is 1. The Bertz CT molecular complexity index is 991. The maximum absolute atomic E-state index is 12.7. The molecule has 0 spiro atoms. The fourth-order valence-corrected chi connectivity index (χ4v) is 3.77. The van der Waals surface area contributed by atoms with Crippen LogP contribution >= 0.6 is 11.3 Å². The van der Waals surface area contributed by atoms with E-state index >= 15 is 0 Å². The predicted octanol–water partition coefficient (Wildman–Crippen LogP) is 3.94. The van der Waals surface area contributed by atoms with Gasteiger partial charge >= 0.3 is 0 Å². The van der Waals surface area contributed by atoms with Crippen molar-refractivity contribution in [2.24, 2.45) is 0 Å². The first-order valence-corrected chi connectivity index (χ1v) is 8.07. The molecule has 6 nitrogen and oxygen atoms in total. The van der Waals surface area contributed by atoms with Gasteiger partial charge in [-0.25, -0.2) is 4.98 Å². The van der Waals surface area contributed by atoms with Gasteiger partial charge < -0.3 is 5.73 Å². The number of carbonyl (C=O) groups excluding carboxylic acids is 1. The molecule has 0 aliphatic carbocycles. The first-order valence-electron chi connectivity index (χ1n) is 7.26. The normalized spacial score (nSPS) is 11.0. The highest BCUT2D eigenvalue weighted by molar-refractivity contribution is 7.21. The van der Waals surface area contributed by atoms with E-state index in [1.165, 1.54) is 35.6 Å². The maximum Gasteiger partial charge on any atom is 0.269 e. The van der Waals surface area contributed by atoms with E-state index in [9.17, 15) is 14.9 Å². The number of nitro groups is 1. The molecule has 3 aromatic rings. The fraction of sp³-hybridized carbons (Fsp3) is 0.176. The number of benzene rings is 1. The first-order chi connectivity index (χ1) is 11.3. The largest absolute Gasteiger partial charge is 0.397 e. The number of nitrogens with zero attached hydrogens (tertiary/aromatic N) is 2. The van der Waals surface area contributed by atoms with Crippen LogP contribution in [0.15, 0.2) is 24.3 Å². The van der Waals surface area contributed by atoms with Crippen LogP contribution in [0.1, 0.15) is 32.1 Å². The van der Waals surface area contributed by atoms with Gasteiger partial charge in [0, 0.05) is 28.8 Å². The maximum atomic E-state index is 12.7. The number of hydrogen-bond acceptors (Lipinski definition) is 6. The molecule has 3 rings (SSSR count). The summed E-state index contributed by atoms with van der Waals surface area (Å²) in [6, 6.07) is 5.52. The molecule has 7 heteroatoms. The summed E-state index contributed by atoms with van der Waals surface area (Å²) < 4.78 is 0. The molecule has 2 aromatic heterocycles. The average Bonchev–Trinajstić information content (AvgIpc) is 2.88. The molecule has 0 saturated carbocycles. The van der Waals surface area contributed by atoms with Gasteiger partial charge in [0.2, 0.25) is 5.78 Å². The molecular formula is C17H15N3O3S. The summed E-state index contributed by atoms with van der Waals surface area (Å²) in [5.41, 5.74) is 9.94. The zero-order valence-electron chi connectivity index (χ0n) is 13.4. The summed E-state index contributed by atoms with van der Waals surface area (Å²) in [5.74, 6) is -0.250. The van der Waals surface area contributed by atoms with E-state index in [1.54, 1.807) is 0 Å². The lowest BCUT2D eigenvalue weighted by Crippen LogP contribution is -2.02. The molecule has 0 atom stereocenters. The van der Waals surface area contributed by atoms with Crippen LogP contribution in [0.5, 0.6) is 0 Å². The van der Waals surface area contributed by atoms with E-state index < -0.39 is 4.92 Å². The van der Waals surface area contributed by atoms with Gasteiger partial charge in [0.05, 0.1) is 10.6 Å². The number of fused-ring (bicyclic) bond motifs is 1. The van der Waals surface area contributed by atoms with Crippen molar-refractivity contribution >= 4 is 38.7 Å². The van der Waals surface area contributed by atoms with E-state index in [0.717, 1.165) is 27.0 Å². The number of nitrogen functional groups attached to an aromatic ring is 1. The van der Waals surface area contributed by atoms with Gasteiger partial charge in [0.25, 0.3) is 5.69 Å². The molecule has 0 bridgehead atoms. The van der Waals surface area contributed by atoms with E-state index in [-0.39, 0.29) is 11.5 Å². The number of ketones is 1. The molecule has 2 N–H and O–H groups in total. The number of aromatic nitrogens is 1. The molecule has 1 aromatic carbocycles. The zero-order chi connectivity index (χ0) is 17.6. The lowest BCUT2D eigenvalue weighted by atomic mass is 10.0. The Balaban J connectivity index is 2.12. The summed E-state index contributed by atoms with van der Waals surface area (Å²) >= 11 is 1.25. The Kier molecular flexibility index (Phi) is 3.81. The molecular weight excluding hydrogens is 326 g/mol. The molecule has 24 heavy (non-hydrogen) atoms. The minimum absolute atomic E-state index is 0.0559. The van der Waals surface area contributed by atoms with Crippen molar-refractivity contribution in [2.45, 2.75) is 20.8 Å². The third-order valence-electron chi connectivity index (χ3n) is 4.22. The number of carbonyl (C=O) groups is 1. The molecule has 0 saturated heterocycles. The van der Waals surface area contributed by atoms with Gasteiger partial charge in [-0.2, -0.15) is 0 Å². The third-order valence-corrected chi connectivity index (χ3v) is 5.32. The van der Waals surface area contributed by atoms with Crippen molar-refractivity contribution in [3.8, 4) is 0 Å². The van der Waals surface area contributed by atoms with Gasteiger partial charge in [0.1, 0.15) is 9.71 Å². The summed E-state index contributed by atoms with van der Waals surface area (Å²) in [6.07, 6.45) is 0. The minimum atomic E-state index is -0.499. The Hall–Kier alpha value is -2.80. The Morgan fingerprint density at radius 2 is 1.79 bits per heavy atom. The van der Waals surface area contributed by atoms with Crippen molar-refractivity contribution < 1.29 is 9.72 Å². The van der Waals surface area contributed by atoms with Crippen molar-refractivity contribution in [3.05, 3.63) is 61.6 Å². The first kappa shape index (κ1) is 16.1. The SMILES string of the molecule is Cc1nc2sc(C(=O)c3ccc([N+](=O)[O-])cc3)c(N)c2c(C)c1C. The number of pyridine rings is 1. The second-order valence-corrected chi connectivity index (χ2v) is 6.60. The van der Waals surface area contributed by atoms with Crippen molar-refractivity contribution in [1.82, 2.24) is 4.98 Å². The van der Waals surface area contributed by atoms with E-state index in [1.807, 2.05) is 20.8 Å². The summed E-state index contributed by atoms with van der Waals surface area (Å²) in [6.45, 7) is 5.87. The fourth-order valence-electron chi connectivity index (χ4n) is 2.60. The van der Waals surface area contributed by atoms with Crippen LogP contribution in [0.25, 0.3) is 10.2 Å². The van der Waals surface area contributed by atoms with Crippen molar-refractivity contribution in [1.29, 1.82) is 0 Å². The molecule has 2 heterocycles. The quantitative estimate of drug-likeness (QED) is 0.442. The number of rotatable bonds is 3. The summed E-state index contributed by atoms with van der Waals surface area (Å²) in [7, 11) is 0. The van der Waals surface area contributed by atoms with Gasteiger partial charge in [0.15, 0.2) is 0 Å². The monoisotopic (exact) mass is 341 g/mol. The highest BCUT2D eigenvalue weighted by Crippen LogP contribution is 2.37. The number of hydrogen-bond donors (Lipinski definition) is 1. The summed E-state index contributed by atoms with van der Waals surface area (Å²) in [5, 5.41) is 11.5. The molecule has 0 amide bonds. The molecule has 0 radical (unpaired) electrons. The van der Waals surface area contributed by atoms with Crippen molar-refractivity contribution in [2.75, 3.05) is 5.73 Å². The minimum Gasteiger partial charge on any atom is -0.397 e. The topological polar surface area (TPSA) is 99.1 Å².